The van der Waals surface area contributed by atoms with Gasteiger partial charge in [0.05, 0.1) is 0 Å². The van der Waals surface area contributed by atoms with Crippen molar-refractivity contribution in [3.05, 3.63) is 34.2 Å². The van der Waals surface area contributed by atoms with Crippen molar-refractivity contribution in [2.75, 3.05) is 0 Å². The van der Waals surface area contributed by atoms with Gasteiger partial charge in [-0.2, -0.15) is 13.2 Å². The Bertz CT molecular complexity index is 419. The number of carbonyl (C=O) groups is 1. The molecule has 0 radical (unpaired) electrons. The number of halogens is 3. The van der Waals surface area contributed by atoms with Gasteiger partial charge in [-0.3, -0.25) is 9.59 Å². The highest BCUT2D eigenvalue weighted by Crippen LogP contribution is 2.20. The second-order valence-electron chi connectivity index (χ2n) is 2.69. The van der Waals surface area contributed by atoms with E-state index in [2.05, 4.69) is 0 Å². The Labute approximate surface area is 76.8 Å². The normalized spacial score (nSPS) is 11.4. The molecule has 3 nitrogen and oxygen atoms in total. The predicted octanol–water partition coefficient (Wildman–Crippen LogP) is 1.13. The topological polar surface area (TPSA) is 39.1 Å². The lowest BCUT2D eigenvalue weighted by Gasteiger charge is -2.05. The minimum absolute atomic E-state index is 0.469. The molecule has 0 aliphatic rings. The van der Waals surface area contributed by atoms with Gasteiger partial charge in [0.1, 0.15) is 0 Å². The number of hydrogen-bond donors (Lipinski definition) is 0. The number of rotatable bonds is 1. The smallest absolute Gasteiger partial charge is 0.318 e. The minimum Gasteiger partial charge on any atom is -0.318 e. The number of ketones is 1. The zero-order valence-electron chi connectivity index (χ0n) is 7.13. The molecule has 0 aromatic carbocycles. The van der Waals surface area contributed by atoms with Crippen LogP contribution in [0.1, 0.15) is 10.4 Å². The fourth-order valence-electron chi connectivity index (χ4n) is 0.892. The van der Waals surface area contributed by atoms with Gasteiger partial charge in [-0.25, -0.2) is 0 Å². The van der Waals surface area contributed by atoms with Crippen LogP contribution in [0.5, 0.6) is 0 Å². The SMILES string of the molecule is Cn1cc(C(=O)C(F)(F)F)ccc1=O. The van der Waals surface area contributed by atoms with Gasteiger partial charge in [0.25, 0.3) is 5.78 Å². The molecule has 1 rings (SSSR count). The van der Waals surface area contributed by atoms with Gasteiger partial charge in [-0.15, -0.1) is 0 Å². The number of alkyl halides is 3. The summed E-state index contributed by atoms with van der Waals surface area (Å²) in [6.07, 6.45) is -4.05. The van der Waals surface area contributed by atoms with Crippen molar-refractivity contribution in [3.63, 3.8) is 0 Å². The number of pyridine rings is 1. The van der Waals surface area contributed by atoms with Gasteiger partial charge in [0.15, 0.2) is 0 Å². The standard InChI is InChI=1S/C8H6F3NO2/c1-12-4-5(2-3-6(12)13)7(14)8(9,10)11/h2-4H,1H3. The summed E-state index contributed by atoms with van der Waals surface area (Å²) in [5, 5.41) is 0. The van der Waals surface area contributed by atoms with Crippen LogP contribution in [0, 0.1) is 0 Å². The van der Waals surface area contributed by atoms with E-state index in [0.29, 0.717) is 0 Å². The molecule has 0 unspecified atom stereocenters. The molecule has 0 spiro atoms. The van der Waals surface area contributed by atoms with E-state index >= 15 is 0 Å². The summed E-state index contributed by atoms with van der Waals surface area (Å²) in [5.74, 6) is -1.95. The lowest BCUT2D eigenvalue weighted by Crippen LogP contribution is -2.25. The van der Waals surface area contributed by atoms with Crippen molar-refractivity contribution in [1.82, 2.24) is 4.57 Å². The maximum atomic E-state index is 11.9. The Morgan fingerprint density at radius 1 is 1.36 bits per heavy atom. The summed E-state index contributed by atoms with van der Waals surface area (Å²) < 4.78 is 36.7. The lowest BCUT2D eigenvalue weighted by molar-refractivity contribution is -0.0885. The van der Waals surface area contributed by atoms with Gasteiger partial charge < -0.3 is 4.57 Å². The average Bonchev–Trinajstić information content (AvgIpc) is 2.07. The Morgan fingerprint density at radius 2 is 1.93 bits per heavy atom. The summed E-state index contributed by atoms with van der Waals surface area (Å²) in [6.45, 7) is 0. The first-order valence-corrected chi connectivity index (χ1v) is 3.60. The minimum atomic E-state index is -4.91. The average molecular weight is 205 g/mol. The lowest BCUT2D eigenvalue weighted by atomic mass is 10.2. The molecular formula is C8H6F3NO2. The van der Waals surface area contributed by atoms with Crippen molar-refractivity contribution in [3.8, 4) is 0 Å². The molecule has 76 valence electrons. The fourth-order valence-corrected chi connectivity index (χ4v) is 0.892. The first kappa shape index (κ1) is 10.5. The number of aromatic nitrogens is 1. The Hall–Kier alpha value is -1.59. The number of nitrogens with zero attached hydrogens (tertiary/aromatic N) is 1. The maximum Gasteiger partial charge on any atom is 0.454 e. The third kappa shape index (κ3) is 2.01. The molecule has 0 aliphatic carbocycles. The number of hydrogen-bond acceptors (Lipinski definition) is 2. The summed E-state index contributed by atoms with van der Waals surface area (Å²) in [4.78, 5) is 21.5. The third-order valence-corrected chi connectivity index (χ3v) is 1.61. The van der Waals surface area contributed by atoms with E-state index in [0.717, 1.165) is 22.9 Å². The summed E-state index contributed by atoms with van der Waals surface area (Å²) in [7, 11) is 1.27. The Balaban J connectivity index is 3.16. The van der Waals surface area contributed by atoms with Crippen LogP contribution in [-0.4, -0.2) is 16.5 Å². The van der Waals surface area contributed by atoms with Crippen molar-refractivity contribution < 1.29 is 18.0 Å². The van der Waals surface area contributed by atoms with E-state index in [1.54, 1.807) is 0 Å². The van der Waals surface area contributed by atoms with Crippen LogP contribution in [0.15, 0.2) is 23.1 Å². The maximum absolute atomic E-state index is 11.9. The third-order valence-electron chi connectivity index (χ3n) is 1.61. The van der Waals surface area contributed by atoms with Crippen LogP contribution >= 0.6 is 0 Å². The van der Waals surface area contributed by atoms with Gasteiger partial charge >= 0.3 is 6.18 Å². The molecule has 0 N–H and O–H groups in total. The van der Waals surface area contributed by atoms with Crippen molar-refractivity contribution >= 4 is 5.78 Å². The zero-order chi connectivity index (χ0) is 10.9. The molecule has 0 saturated carbocycles. The molecule has 0 fully saturated rings. The molecule has 0 amide bonds. The van der Waals surface area contributed by atoms with Crippen molar-refractivity contribution in [2.45, 2.75) is 6.18 Å². The molecule has 0 bridgehead atoms. The van der Waals surface area contributed by atoms with Crippen LogP contribution in [0.4, 0.5) is 13.2 Å². The molecule has 0 saturated heterocycles. The van der Waals surface area contributed by atoms with Gasteiger partial charge in [-0.05, 0) is 6.07 Å². The van der Waals surface area contributed by atoms with Crippen LogP contribution in [0.3, 0.4) is 0 Å². The van der Waals surface area contributed by atoms with Crippen molar-refractivity contribution in [2.24, 2.45) is 7.05 Å². The molecule has 1 aromatic heterocycles. The first-order chi connectivity index (χ1) is 6.32. The van der Waals surface area contributed by atoms with E-state index in [1.807, 2.05) is 0 Å². The summed E-state index contributed by atoms with van der Waals surface area (Å²) in [6, 6.07) is 1.77. The highest BCUT2D eigenvalue weighted by molar-refractivity contribution is 5.99. The van der Waals surface area contributed by atoms with E-state index in [1.165, 1.54) is 7.05 Å². The summed E-state index contributed by atoms with van der Waals surface area (Å²) >= 11 is 0. The van der Waals surface area contributed by atoms with Gasteiger partial charge in [0.2, 0.25) is 5.56 Å². The highest BCUT2D eigenvalue weighted by atomic mass is 19.4. The van der Waals surface area contributed by atoms with E-state index in [4.69, 9.17) is 0 Å². The van der Waals surface area contributed by atoms with Gasteiger partial charge in [0, 0.05) is 24.9 Å². The largest absolute Gasteiger partial charge is 0.454 e. The van der Waals surface area contributed by atoms with Crippen LogP contribution in [0.25, 0.3) is 0 Å². The summed E-state index contributed by atoms with van der Waals surface area (Å²) in [5.41, 5.74) is -1.01. The van der Waals surface area contributed by atoms with Crippen LogP contribution in [-0.2, 0) is 7.05 Å². The number of carbonyl (C=O) groups excluding carboxylic acids is 1. The predicted molar refractivity (Wildman–Crippen MR) is 42.1 cm³/mol. The van der Waals surface area contributed by atoms with E-state index < -0.39 is 23.1 Å². The molecule has 1 heterocycles. The quantitative estimate of drug-likeness (QED) is 0.644. The van der Waals surface area contributed by atoms with E-state index in [-0.39, 0.29) is 0 Å². The Kier molecular flexibility index (Phi) is 2.46. The van der Waals surface area contributed by atoms with Crippen LogP contribution < -0.4 is 5.56 Å². The van der Waals surface area contributed by atoms with Crippen LogP contribution in [0.2, 0.25) is 0 Å². The molecule has 6 heteroatoms. The molecule has 1 aromatic rings. The molecule has 0 aliphatic heterocycles. The molecular weight excluding hydrogens is 199 g/mol. The Morgan fingerprint density at radius 3 is 2.36 bits per heavy atom. The first-order valence-electron chi connectivity index (χ1n) is 3.60. The monoisotopic (exact) mass is 205 g/mol. The van der Waals surface area contributed by atoms with Crippen molar-refractivity contribution in [1.29, 1.82) is 0 Å². The highest BCUT2D eigenvalue weighted by Gasteiger charge is 2.39. The zero-order valence-corrected chi connectivity index (χ0v) is 7.13. The number of aryl methyl sites for hydroxylation is 1. The number of Topliss-reactive ketones (excluding diaryl/α,β-unsaturated/α-hetero) is 1. The second kappa shape index (κ2) is 3.28. The van der Waals surface area contributed by atoms with Gasteiger partial charge in [-0.1, -0.05) is 0 Å². The molecule has 14 heavy (non-hydrogen) atoms. The molecule has 0 atom stereocenters. The second-order valence-corrected chi connectivity index (χ2v) is 2.69. The van der Waals surface area contributed by atoms with E-state index in [9.17, 15) is 22.8 Å². The fraction of sp³-hybridized carbons (Fsp3) is 0.250.